The van der Waals surface area contributed by atoms with Crippen molar-refractivity contribution >= 4 is 17.4 Å². The van der Waals surface area contributed by atoms with Gasteiger partial charge in [-0.1, -0.05) is 11.6 Å². The largest absolute Gasteiger partial charge is 0.393 e. The van der Waals surface area contributed by atoms with E-state index >= 15 is 0 Å². The Morgan fingerprint density at radius 2 is 2.11 bits per heavy atom. The average molecular weight is 272 g/mol. The summed E-state index contributed by atoms with van der Waals surface area (Å²) in [5, 5.41) is 19.2. The van der Waals surface area contributed by atoms with Gasteiger partial charge in [0.2, 0.25) is 0 Å². The monoisotopic (exact) mass is 271 g/mol. The van der Waals surface area contributed by atoms with Gasteiger partial charge in [0.25, 0.3) is 0 Å². The topological polar surface area (TPSA) is 69.5 Å². The summed E-state index contributed by atoms with van der Waals surface area (Å²) in [6.07, 6.45) is 2.99. The van der Waals surface area contributed by atoms with Crippen molar-refractivity contribution in [2.75, 3.05) is 18.0 Å². The number of anilines is 1. The molecule has 0 radical (unpaired) electrons. The van der Waals surface area contributed by atoms with Crippen molar-refractivity contribution in [1.29, 1.82) is 0 Å². The van der Waals surface area contributed by atoms with E-state index < -0.39 is 0 Å². The van der Waals surface area contributed by atoms with Gasteiger partial charge in [-0.25, -0.2) is 9.97 Å². The minimum absolute atomic E-state index is 0.161. The molecule has 2 rings (SSSR count). The molecule has 1 saturated heterocycles. The molecule has 0 aliphatic carbocycles. The van der Waals surface area contributed by atoms with Gasteiger partial charge in [-0.2, -0.15) is 0 Å². The Hall–Kier alpha value is -0.910. The molecule has 18 heavy (non-hydrogen) atoms. The molecular weight excluding hydrogens is 254 g/mol. The van der Waals surface area contributed by atoms with Crippen LogP contribution < -0.4 is 4.90 Å². The number of rotatable bonds is 3. The van der Waals surface area contributed by atoms with Gasteiger partial charge in [-0.15, -0.1) is 0 Å². The maximum absolute atomic E-state index is 9.57. The third kappa shape index (κ3) is 2.74. The van der Waals surface area contributed by atoms with Crippen molar-refractivity contribution in [3.05, 3.63) is 17.0 Å². The molecule has 0 aromatic carbocycles. The van der Waals surface area contributed by atoms with Gasteiger partial charge in [0.15, 0.2) is 0 Å². The second-order valence-electron chi connectivity index (χ2n) is 4.69. The van der Waals surface area contributed by atoms with E-state index in [4.69, 9.17) is 11.6 Å². The number of piperidine rings is 1. The first-order valence-corrected chi connectivity index (χ1v) is 6.54. The van der Waals surface area contributed by atoms with Crippen LogP contribution in [0.2, 0.25) is 5.15 Å². The Bertz CT molecular complexity index is 406. The Morgan fingerprint density at radius 3 is 2.67 bits per heavy atom. The summed E-state index contributed by atoms with van der Waals surface area (Å²) in [6, 6.07) is 0. The van der Waals surface area contributed by atoms with E-state index in [2.05, 4.69) is 14.9 Å². The number of aliphatic hydroxyl groups is 2. The maximum Gasteiger partial charge on any atom is 0.140 e. The molecule has 2 N–H and O–H groups in total. The third-order valence-corrected chi connectivity index (χ3v) is 3.88. The molecular formula is C12H18ClN3O2. The molecule has 1 atom stereocenters. The van der Waals surface area contributed by atoms with E-state index in [9.17, 15) is 10.2 Å². The van der Waals surface area contributed by atoms with Crippen LogP contribution in [-0.2, 0) is 6.61 Å². The third-order valence-electron chi connectivity index (χ3n) is 3.55. The second-order valence-corrected chi connectivity index (χ2v) is 5.05. The quantitative estimate of drug-likeness (QED) is 0.809. The highest BCUT2D eigenvalue weighted by atomic mass is 35.5. The van der Waals surface area contributed by atoms with Crippen molar-refractivity contribution in [2.24, 2.45) is 5.92 Å². The number of hydrogen-bond donors (Lipinski definition) is 2. The fourth-order valence-electron chi connectivity index (χ4n) is 2.38. The van der Waals surface area contributed by atoms with Crippen molar-refractivity contribution in [1.82, 2.24) is 9.97 Å². The maximum atomic E-state index is 9.57. The lowest BCUT2D eigenvalue weighted by atomic mass is 9.92. The van der Waals surface area contributed by atoms with E-state index in [-0.39, 0.29) is 12.7 Å². The molecule has 0 spiro atoms. The Morgan fingerprint density at radius 1 is 1.44 bits per heavy atom. The van der Waals surface area contributed by atoms with Crippen LogP contribution in [-0.4, -0.2) is 39.4 Å². The molecule has 5 nitrogen and oxygen atoms in total. The van der Waals surface area contributed by atoms with Gasteiger partial charge in [0.05, 0.1) is 18.3 Å². The number of nitrogens with zero attached hydrogens (tertiary/aromatic N) is 3. The summed E-state index contributed by atoms with van der Waals surface area (Å²) in [7, 11) is 0. The van der Waals surface area contributed by atoms with E-state index in [1.165, 1.54) is 6.33 Å². The second kappa shape index (κ2) is 5.82. The molecule has 0 amide bonds. The minimum atomic E-state index is -0.265. The molecule has 0 saturated carbocycles. The summed E-state index contributed by atoms with van der Waals surface area (Å²) in [6.45, 7) is 3.30. The lowest BCUT2D eigenvalue weighted by molar-refractivity contribution is 0.109. The van der Waals surface area contributed by atoms with Crippen molar-refractivity contribution in [2.45, 2.75) is 32.5 Å². The van der Waals surface area contributed by atoms with Crippen LogP contribution in [0.25, 0.3) is 0 Å². The molecule has 1 aromatic rings. The average Bonchev–Trinajstić information content (AvgIpc) is 2.38. The van der Waals surface area contributed by atoms with E-state index in [1.54, 1.807) is 0 Å². The Kier molecular flexibility index (Phi) is 4.37. The Balaban J connectivity index is 2.12. The predicted molar refractivity (Wildman–Crippen MR) is 69.6 cm³/mol. The van der Waals surface area contributed by atoms with Crippen LogP contribution in [0.5, 0.6) is 0 Å². The van der Waals surface area contributed by atoms with Gasteiger partial charge >= 0.3 is 0 Å². The first-order valence-electron chi connectivity index (χ1n) is 6.16. The first kappa shape index (κ1) is 13.5. The summed E-state index contributed by atoms with van der Waals surface area (Å²) in [5.41, 5.74) is 0.578. The van der Waals surface area contributed by atoms with E-state index in [1.807, 2.05) is 6.92 Å². The molecule has 1 aliphatic heterocycles. The standard InChI is InChI=1S/C12H18ClN3O2/c1-8(18)9-2-4-16(5-3-9)12-10(6-17)11(13)14-7-15-12/h7-9,17-18H,2-6H2,1H3. The van der Waals surface area contributed by atoms with Crippen LogP contribution in [0, 0.1) is 5.92 Å². The predicted octanol–water partition coefficient (Wildman–Crippen LogP) is 1.22. The van der Waals surface area contributed by atoms with Gasteiger partial charge in [-0.05, 0) is 25.7 Å². The highest BCUT2D eigenvalue weighted by Crippen LogP contribution is 2.28. The highest BCUT2D eigenvalue weighted by molar-refractivity contribution is 6.30. The van der Waals surface area contributed by atoms with Gasteiger partial charge in [0.1, 0.15) is 17.3 Å². The molecule has 0 bridgehead atoms. The molecule has 1 aliphatic rings. The first-order chi connectivity index (χ1) is 8.63. The molecule has 2 heterocycles. The van der Waals surface area contributed by atoms with Gasteiger partial charge < -0.3 is 15.1 Å². The van der Waals surface area contributed by atoms with Crippen LogP contribution in [0.15, 0.2) is 6.33 Å². The van der Waals surface area contributed by atoms with Crippen molar-refractivity contribution < 1.29 is 10.2 Å². The normalized spacial score (nSPS) is 19.0. The molecule has 1 fully saturated rings. The molecule has 6 heteroatoms. The minimum Gasteiger partial charge on any atom is -0.393 e. The lowest BCUT2D eigenvalue weighted by Crippen LogP contribution is -2.38. The zero-order chi connectivity index (χ0) is 13.1. The zero-order valence-electron chi connectivity index (χ0n) is 10.4. The van der Waals surface area contributed by atoms with E-state index in [0.717, 1.165) is 25.9 Å². The summed E-state index contributed by atoms with van der Waals surface area (Å²) in [4.78, 5) is 10.2. The number of halogens is 1. The highest BCUT2D eigenvalue weighted by Gasteiger charge is 2.25. The van der Waals surface area contributed by atoms with E-state index in [0.29, 0.717) is 22.5 Å². The van der Waals surface area contributed by atoms with Crippen LogP contribution in [0.3, 0.4) is 0 Å². The lowest BCUT2D eigenvalue weighted by Gasteiger charge is -2.34. The van der Waals surface area contributed by atoms with Crippen LogP contribution >= 0.6 is 11.6 Å². The van der Waals surface area contributed by atoms with Crippen molar-refractivity contribution in [3.8, 4) is 0 Å². The van der Waals surface area contributed by atoms with Gasteiger partial charge in [0, 0.05) is 13.1 Å². The Labute approximate surface area is 111 Å². The van der Waals surface area contributed by atoms with Gasteiger partial charge in [-0.3, -0.25) is 0 Å². The summed E-state index contributed by atoms with van der Waals surface area (Å²) >= 11 is 5.95. The molecule has 1 unspecified atom stereocenters. The smallest absolute Gasteiger partial charge is 0.140 e. The summed E-state index contributed by atoms with van der Waals surface area (Å²) in [5.74, 6) is 1.05. The molecule has 1 aromatic heterocycles. The zero-order valence-corrected chi connectivity index (χ0v) is 11.1. The summed E-state index contributed by atoms with van der Waals surface area (Å²) < 4.78 is 0. The molecule has 100 valence electrons. The SMILES string of the molecule is CC(O)C1CCN(c2ncnc(Cl)c2CO)CC1. The number of aliphatic hydroxyl groups excluding tert-OH is 2. The van der Waals surface area contributed by atoms with Crippen molar-refractivity contribution in [3.63, 3.8) is 0 Å². The number of aromatic nitrogens is 2. The fourth-order valence-corrected chi connectivity index (χ4v) is 2.57. The van der Waals surface area contributed by atoms with Crippen LogP contribution in [0.1, 0.15) is 25.3 Å². The number of hydrogen-bond acceptors (Lipinski definition) is 5. The fraction of sp³-hybridized carbons (Fsp3) is 0.667. The van der Waals surface area contributed by atoms with Crippen LogP contribution in [0.4, 0.5) is 5.82 Å².